The van der Waals surface area contributed by atoms with Crippen LogP contribution in [-0.2, 0) is 14.8 Å². The van der Waals surface area contributed by atoms with Gasteiger partial charge in [-0.15, -0.1) is 0 Å². The summed E-state index contributed by atoms with van der Waals surface area (Å²) in [5, 5.41) is 5.44. The van der Waals surface area contributed by atoms with Crippen molar-refractivity contribution in [1.82, 2.24) is 14.9 Å². The maximum atomic E-state index is 11.5. The van der Waals surface area contributed by atoms with Gasteiger partial charge in [0.25, 0.3) is 0 Å². The molecule has 0 spiro atoms. The molecular weight excluding hydrogens is 270 g/mol. The molecule has 0 aromatic carbocycles. The molecular formula is C11H23N3O4S. The number of rotatable bonds is 9. The van der Waals surface area contributed by atoms with E-state index in [9.17, 15) is 13.2 Å². The minimum atomic E-state index is -3.25. The van der Waals surface area contributed by atoms with Crippen LogP contribution in [0, 0.1) is 0 Å². The number of sulfonamides is 1. The Hall–Kier alpha value is -0.860. The van der Waals surface area contributed by atoms with Crippen molar-refractivity contribution in [2.24, 2.45) is 0 Å². The normalized spacial score (nSPS) is 15.5. The van der Waals surface area contributed by atoms with Gasteiger partial charge in [-0.3, -0.25) is 0 Å². The molecule has 0 saturated heterocycles. The molecule has 0 atom stereocenters. The highest BCUT2D eigenvalue weighted by Crippen LogP contribution is 2.18. The van der Waals surface area contributed by atoms with Crippen molar-refractivity contribution in [3.8, 4) is 0 Å². The van der Waals surface area contributed by atoms with Gasteiger partial charge in [0.05, 0.1) is 6.26 Å². The predicted octanol–water partition coefficient (Wildman–Crippen LogP) is -0.254. The van der Waals surface area contributed by atoms with Crippen LogP contribution in [0.5, 0.6) is 0 Å². The summed E-state index contributed by atoms with van der Waals surface area (Å²) in [6, 6.07) is 0.0700. The lowest BCUT2D eigenvalue weighted by molar-refractivity contribution is 0.187. The van der Waals surface area contributed by atoms with Crippen LogP contribution in [0.3, 0.4) is 0 Å². The first kappa shape index (κ1) is 16.2. The standard InChI is InChI=1S/C11H23N3O4S/c1-18-9-3-7-14(19(2,16)17)8-6-12-11(15)13-10-4-5-10/h10H,3-9H2,1-2H3,(H2,12,13,15). The number of carbonyl (C=O) groups is 1. The summed E-state index contributed by atoms with van der Waals surface area (Å²) in [7, 11) is -1.67. The number of carbonyl (C=O) groups excluding carboxylic acids is 1. The van der Waals surface area contributed by atoms with Crippen LogP contribution >= 0.6 is 0 Å². The Bertz CT molecular complexity index is 381. The molecule has 7 nitrogen and oxygen atoms in total. The van der Waals surface area contributed by atoms with E-state index >= 15 is 0 Å². The van der Waals surface area contributed by atoms with Crippen molar-refractivity contribution in [3.05, 3.63) is 0 Å². The lowest BCUT2D eigenvalue weighted by Gasteiger charge is -2.20. The van der Waals surface area contributed by atoms with Crippen molar-refractivity contribution in [1.29, 1.82) is 0 Å². The van der Waals surface area contributed by atoms with E-state index in [1.807, 2.05) is 0 Å². The van der Waals surface area contributed by atoms with Crippen molar-refractivity contribution >= 4 is 16.1 Å². The SMILES string of the molecule is COCCCN(CCNC(=O)NC1CC1)S(C)(=O)=O. The third-order valence-corrected chi connectivity index (χ3v) is 4.09. The zero-order valence-corrected chi connectivity index (χ0v) is 12.3. The van der Waals surface area contributed by atoms with Crippen LogP contribution in [0.4, 0.5) is 4.79 Å². The molecule has 1 rings (SSSR count). The van der Waals surface area contributed by atoms with Gasteiger partial charge >= 0.3 is 6.03 Å². The van der Waals surface area contributed by atoms with Gasteiger partial charge in [0.1, 0.15) is 0 Å². The number of hydrogen-bond acceptors (Lipinski definition) is 4. The second kappa shape index (κ2) is 7.66. The Balaban J connectivity index is 2.24. The summed E-state index contributed by atoms with van der Waals surface area (Å²) in [6.45, 7) is 1.50. The summed E-state index contributed by atoms with van der Waals surface area (Å²) in [5.41, 5.74) is 0. The van der Waals surface area contributed by atoms with E-state index < -0.39 is 10.0 Å². The summed E-state index contributed by atoms with van der Waals surface area (Å²) >= 11 is 0. The highest BCUT2D eigenvalue weighted by Gasteiger charge is 2.23. The van der Waals surface area contributed by atoms with Crippen LogP contribution in [0.2, 0.25) is 0 Å². The molecule has 0 bridgehead atoms. The molecule has 1 aliphatic carbocycles. The average molecular weight is 293 g/mol. The van der Waals surface area contributed by atoms with Crippen molar-refractivity contribution in [3.63, 3.8) is 0 Å². The second-order valence-electron chi connectivity index (χ2n) is 4.68. The summed E-state index contributed by atoms with van der Waals surface area (Å²) < 4.78 is 29.3. The minimum absolute atomic E-state index is 0.229. The van der Waals surface area contributed by atoms with Crippen molar-refractivity contribution < 1.29 is 17.9 Å². The number of nitrogens with one attached hydrogen (secondary N) is 2. The third kappa shape index (κ3) is 7.34. The number of nitrogens with zero attached hydrogens (tertiary/aromatic N) is 1. The zero-order chi connectivity index (χ0) is 14.3. The first-order chi connectivity index (χ1) is 8.93. The molecule has 2 N–H and O–H groups in total. The molecule has 1 fully saturated rings. The van der Waals surface area contributed by atoms with Gasteiger partial charge in [0, 0.05) is 39.4 Å². The van der Waals surface area contributed by atoms with E-state index in [4.69, 9.17) is 4.74 Å². The molecule has 0 unspecified atom stereocenters. The fourth-order valence-electron chi connectivity index (χ4n) is 1.59. The third-order valence-electron chi connectivity index (χ3n) is 2.78. The zero-order valence-electron chi connectivity index (χ0n) is 11.5. The molecule has 0 aromatic heterocycles. The predicted molar refractivity (Wildman–Crippen MR) is 72.5 cm³/mol. The van der Waals surface area contributed by atoms with Gasteiger partial charge in [-0.2, -0.15) is 0 Å². The van der Waals surface area contributed by atoms with Crippen molar-refractivity contribution in [2.75, 3.05) is 39.6 Å². The molecule has 19 heavy (non-hydrogen) atoms. The van der Waals surface area contributed by atoms with Gasteiger partial charge < -0.3 is 15.4 Å². The molecule has 0 heterocycles. The van der Waals surface area contributed by atoms with Gasteiger partial charge in [-0.05, 0) is 19.3 Å². The summed E-state index contributed by atoms with van der Waals surface area (Å²) in [4.78, 5) is 11.4. The van der Waals surface area contributed by atoms with Crippen LogP contribution in [0.1, 0.15) is 19.3 Å². The molecule has 1 aliphatic rings. The monoisotopic (exact) mass is 293 g/mol. The summed E-state index contributed by atoms with van der Waals surface area (Å²) in [6.07, 6.45) is 3.86. The van der Waals surface area contributed by atoms with Crippen LogP contribution < -0.4 is 10.6 Å². The second-order valence-corrected chi connectivity index (χ2v) is 6.67. The van der Waals surface area contributed by atoms with Crippen LogP contribution in [-0.4, -0.2) is 64.4 Å². The minimum Gasteiger partial charge on any atom is -0.385 e. The largest absolute Gasteiger partial charge is 0.385 e. The molecule has 2 amide bonds. The van der Waals surface area contributed by atoms with E-state index in [0.717, 1.165) is 12.8 Å². The van der Waals surface area contributed by atoms with Gasteiger partial charge in [-0.1, -0.05) is 0 Å². The average Bonchev–Trinajstić information content (AvgIpc) is 3.09. The first-order valence-corrected chi connectivity index (χ1v) is 8.26. The number of ether oxygens (including phenoxy) is 1. The Morgan fingerprint density at radius 1 is 1.37 bits per heavy atom. The Kier molecular flexibility index (Phi) is 6.53. The van der Waals surface area contributed by atoms with E-state index in [1.54, 1.807) is 7.11 Å². The Morgan fingerprint density at radius 3 is 2.58 bits per heavy atom. The molecule has 0 aliphatic heterocycles. The quantitative estimate of drug-likeness (QED) is 0.574. The smallest absolute Gasteiger partial charge is 0.315 e. The maximum absolute atomic E-state index is 11.5. The van der Waals surface area contributed by atoms with E-state index in [0.29, 0.717) is 32.2 Å². The highest BCUT2D eigenvalue weighted by molar-refractivity contribution is 7.88. The highest BCUT2D eigenvalue weighted by atomic mass is 32.2. The molecule has 112 valence electrons. The van der Waals surface area contributed by atoms with E-state index in [2.05, 4.69) is 10.6 Å². The van der Waals surface area contributed by atoms with E-state index in [1.165, 1.54) is 10.6 Å². The molecule has 1 saturated carbocycles. The number of methoxy groups -OCH3 is 1. The van der Waals surface area contributed by atoms with Crippen LogP contribution in [0.15, 0.2) is 0 Å². The fourth-order valence-corrected chi connectivity index (χ4v) is 2.47. The number of amides is 2. The Labute approximate surface area is 114 Å². The Morgan fingerprint density at radius 2 is 2.05 bits per heavy atom. The topological polar surface area (TPSA) is 87.7 Å². The first-order valence-electron chi connectivity index (χ1n) is 6.42. The summed E-state index contributed by atoms with van der Waals surface area (Å²) in [5.74, 6) is 0. The van der Waals surface area contributed by atoms with E-state index in [-0.39, 0.29) is 12.6 Å². The fraction of sp³-hybridized carbons (Fsp3) is 0.909. The van der Waals surface area contributed by atoms with Crippen molar-refractivity contribution in [2.45, 2.75) is 25.3 Å². The molecule has 8 heteroatoms. The molecule has 0 radical (unpaired) electrons. The lowest BCUT2D eigenvalue weighted by atomic mass is 10.4. The molecule has 0 aromatic rings. The number of hydrogen-bond donors (Lipinski definition) is 2. The van der Waals surface area contributed by atoms with Gasteiger partial charge in [-0.25, -0.2) is 17.5 Å². The van der Waals surface area contributed by atoms with Crippen LogP contribution in [0.25, 0.3) is 0 Å². The van der Waals surface area contributed by atoms with Gasteiger partial charge in [0.15, 0.2) is 0 Å². The number of urea groups is 1. The maximum Gasteiger partial charge on any atom is 0.315 e. The lowest BCUT2D eigenvalue weighted by Crippen LogP contribution is -2.42. The van der Waals surface area contributed by atoms with Gasteiger partial charge in [0.2, 0.25) is 10.0 Å².